The fourth-order valence-corrected chi connectivity index (χ4v) is 3.62. The van der Waals surface area contributed by atoms with Gasteiger partial charge in [0.25, 0.3) is 0 Å². The summed E-state index contributed by atoms with van der Waals surface area (Å²) in [5, 5.41) is 4.19. The van der Waals surface area contributed by atoms with Crippen LogP contribution in [0.25, 0.3) is 5.69 Å². The summed E-state index contributed by atoms with van der Waals surface area (Å²) in [5.41, 5.74) is 10.6. The molecule has 0 radical (unpaired) electrons. The average Bonchev–Trinajstić information content (AvgIpc) is 2.95. The number of para-hydroxylation sites is 1. The summed E-state index contributed by atoms with van der Waals surface area (Å²) < 4.78 is 2.22. The Morgan fingerprint density at radius 1 is 1.03 bits per heavy atom. The van der Waals surface area contributed by atoms with Gasteiger partial charge in [0.05, 0.1) is 12.6 Å². The maximum absolute atomic E-state index is 12.3. The Morgan fingerprint density at radius 3 is 2.33 bits per heavy atom. The predicted molar refractivity (Wildman–Crippen MR) is 125 cm³/mol. The zero-order valence-electron chi connectivity index (χ0n) is 18.8. The second-order valence-corrected chi connectivity index (χ2v) is 8.87. The molecule has 2 aromatic carbocycles. The number of hydrogen-bond acceptors (Lipinski definition) is 2. The van der Waals surface area contributed by atoms with E-state index in [1.165, 1.54) is 11.1 Å². The van der Waals surface area contributed by atoms with E-state index in [4.69, 9.17) is 0 Å². The Hall–Kier alpha value is -3.14. The second kappa shape index (κ2) is 8.70. The van der Waals surface area contributed by atoms with Gasteiger partial charge in [-0.05, 0) is 55.0 Å². The van der Waals surface area contributed by atoms with E-state index in [0.717, 1.165) is 28.2 Å². The molecule has 4 nitrogen and oxygen atoms in total. The first-order chi connectivity index (χ1) is 14.2. The van der Waals surface area contributed by atoms with E-state index >= 15 is 0 Å². The highest BCUT2D eigenvalue weighted by Gasteiger charge is 2.14. The summed E-state index contributed by atoms with van der Waals surface area (Å²) in [5.74, 6) is -0.123. The molecule has 0 aliphatic rings. The molecule has 0 atom stereocenters. The number of aryl methyl sites for hydroxylation is 2. The Bertz CT molecular complexity index is 1070. The third-order valence-corrected chi connectivity index (χ3v) is 5.40. The molecule has 0 spiro atoms. The van der Waals surface area contributed by atoms with Crippen molar-refractivity contribution in [2.24, 2.45) is 5.10 Å². The van der Waals surface area contributed by atoms with Gasteiger partial charge >= 0.3 is 0 Å². The summed E-state index contributed by atoms with van der Waals surface area (Å²) >= 11 is 0. The number of benzene rings is 2. The van der Waals surface area contributed by atoms with Crippen molar-refractivity contribution in [3.05, 3.63) is 88.2 Å². The summed E-state index contributed by atoms with van der Waals surface area (Å²) in [6, 6.07) is 18.6. The van der Waals surface area contributed by atoms with E-state index in [1.54, 1.807) is 6.21 Å². The molecular formula is C26H31N3O. The van der Waals surface area contributed by atoms with Gasteiger partial charge < -0.3 is 4.57 Å². The normalized spacial score (nSPS) is 11.8. The first kappa shape index (κ1) is 21.6. The highest BCUT2D eigenvalue weighted by Crippen LogP contribution is 2.23. The molecule has 1 aromatic heterocycles. The number of hydrogen-bond donors (Lipinski definition) is 1. The molecule has 0 saturated carbocycles. The summed E-state index contributed by atoms with van der Waals surface area (Å²) in [7, 11) is 0. The van der Waals surface area contributed by atoms with Gasteiger partial charge in [-0.3, -0.25) is 4.79 Å². The lowest BCUT2D eigenvalue weighted by Gasteiger charge is -2.19. The van der Waals surface area contributed by atoms with Gasteiger partial charge in [0.2, 0.25) is 5.91 Å². The number of carbonyl (C=O) groups excluding carboxylic acids is 1. The van der Waals surface area contributed by atoms with E-state index in [9.17, 15) is 4.79 Å². The number of aromatic nitrogens is 1. The van der Waals surface area contributed by atoms with E-state index in [2.05, 4.69) is 87.0 Å². The number of amides is 1. The maximum atomic E-state index is 12.3. The van der Waals surface area contributed by atoms with Crippen molar-refractivity contribution < 1.29 is 4.79 Å². The second-order valence-electron chi connectivity index (χ2n) is 8.87. The highest BCUT2D eigenvalue weighted by atomic mass is 16.2. The largest absolute Gasteiger partial charge is 0.318 e. The van der Waals surface area contributed by atoms with Gasteiger partial charge in [0.15, 0.2) is 0 Å². The number of nitrogens with zero attached hydrogens (tertiary/aromatic N) is 2. The van der Waals surface area contributed by atoms with Crippen molar-refractivity contribution >= 4 is 12.1 Å². The Kier molecular flexibility index (Phi) is 6.25. The quantitative estimate of drug-likeness (QED) is 0.452. The van der Waals surface area contributed by atoms with E-state index in [-0.39, 0.29) is 11.3 Å². The Morgan fingerprint density at radius 2 is 1.70 bits per heavy atom. The van der Waals surface area contributed by atoms with Crippen molar-refractivity contribution in [1.29, 1.82) is 0 Å². The van der Waals surface area contributed by atoms with E-state index < -0.39 is 0 Å². The summed E-state index contributed by atoms with van der Waals surface area (Å²) in [6.07, 6.45) is 2.03. The zero-order valence-corrected chi connectivity index (χ0v) is 18.8. The van der Waals surface area contributed by atoms with Gasteiger partial charge in [-0.25, -0.2) is 5.43 Å². The lowest BCUT2D eigenvalue weighted by Crippen LogP contribution is -2.20. The van der Waals surface area contributed by atoms with Crippen molar-refractivity contribution in [2.75, 3.05) is 0 Å². The third-order valence-electron chi connectivity index (χ3n) is 5.40. The van der Waals surface area contributed by atoms with Crippen LogP contribution in [0.5, 0.6) is 0 Å². The minimum absolute atomic E-state index is 0.107. The zero-order chi connectivity index (χ0) is 21.9. The SMILES string of the molecule is Cc1ccccc1-n1c(C)cc(/C=N\NC(=O)Cc2ccc(C(C)(C)C)cc2)c1C. The van der Waals surface area contributed by atoms with Crippen LogP contribution in [0.15, 0.2) is 59.7 Å². The van der Waals surface area contributed by atoms with Crippen LogP contribution in [0.2, 0.25) is 0 Å². The van der Waals surface area contributed by atoms with Crippen LogP contribution in [0.4, 0.5) is 0 Å². The maximum Gasteiger partial charge on any atom is 0.244 e. The molecule has 0 aliphatic heterocycles. The van der Waals surface area contributed by atoms with Crippen molar-refractivity contribution in [2.45, 2.75) is 53.4 Å². The standard InChI is InChI=1S/C26H31N3O/c1-18-9-7-8-10-24(18)29-19(2)15-22(20(29)3)17-27-28-25(30)16-21-11-13-23(14-12-21)26(4,5)6/h7-15,17H,16H2,1-6H3,(H,28,30)/b27-17-. The lowest BCUT2D eigenvalue weighted by molar-refractivity contribution is -0.120. The first-order valence-corrected chi connectivity index (χ1v) is 10.3. The molecule has 3 rings (SSSR count). The minimum atomic E-state index is -0.123. The van der Waals surface area contributed by atoms with Crippen LogP contribution in [-0.2, 0) is 16.6 Å². The van der Waals surface area contributed by atoms with Crippen LogP contribution in [0.1, 0.15) is 54.4 Å². The predicted octanol–water partition coefficient (Wildman–Crippen LogP) is 5.39. The first-order valence-electron chi connectivity index (χ1n) is 10.3. The summed E-state index contributed by atoms with van der Waals surface area (Å²) in [6.45, 7) is 12.8. The van der Waals surface area contributed by atoms with Gasteiger partial charge in [-0.15, -0.1) is 0 Å². The molecule has 1 amide bonds. The average molecular weight is 402 g/mol. The molecule has 0 bridgehead atoms. The monoisotopic (exact) mass is 401 g/mol. The van der Waals surface area contributed by atoms with Crippen LogP contribution < -0.4 is 5.43 Å². The summed E-state index contributed by atoms with van der Waals surface area (Å²) in [4.78, 5) is 12.3. The molecule has 4 heteroatoms. The molecule has 0 saturated heterocycles. The topological polar surface area (TPSA) is 46.4 Å². The van der Waals surface area contributed by atoms with Crippen molar-refractivity contribution in [3.63, 3.8) is 0 Å². The number of hydrazone groups is 1. The molecule has 1 N–H and O–H groups in total. The number of rotatable bonds is 5. The molecular weight excluding hydrogens is 370 g/mol. The van der Waals surface area contributed by atoms with Crippen LogP contribution in [-0.4, -0.2) is 16.7 Å². The Labute approximate surface area is 179 Å². The Balaban J connectivity index is 1.66. The fraction of sp³-hybridized carbons (Fsp3) is 0.308. The van der Waals surface area contributed by atoms with Crippen molar-refractivity contribution in [3.8, 4) is 5.69 Å². The molecule has 156 valence electrons. The smallest absolute Gasteiger partial charge is 0.244 e. The number of carbonyl (C=O) groups is 1. The minimum Gasteiger partial charge on any atom is -0.318 e. The molecule has 0 unspecified atom stereocenters. The van der Waals surface area contributed by atoms with E-state index in [1.807, 2.05) is 24.3 Å². The molecule has 0 aliphatic carbocycles. The van der Waals surface area contributed by atoms with Crippen LogP contribution in [0.3, 0.4) is 0 Å². The van der Waals surface area contributed by atoms with Crippen LogP contribution >= 0.6 is 0 Å². The van der Waals surface area contributed by atoms with Crippen LogP contribution in [0, 0.1) is 20.8 Å². The molecule has 1 heterocycles. The molecule has 3 aromatic rings. The highest BCUT2D eigenvalue weighted by molar-refractivity contribution is 5.84. The van der Waals surface area contributed by atoms with E-state index in [0.29, 0.717) is 6.42 Å². The fourth-order valence-electron chi connectivity index (χ4n) is 3.62. The molecule has 30 heavy (non-hydrogen) atoms. The van der Waals surface area contributed by atoms with Crippen molar-refractivity contribution in [1.82, 2.24) is 9.99 Å². The third kappa shape index (κ3) is 4.88. The lowest BCUT2D eigenvalue weighted by atomic mass is 9.86. The van der Waals surface area contributed by atoms with Gasteiger partial charge in [0, 0.05) is 22.6 Å². The molecule has 0 fully saturated rings. The van der Waals surface area contributed by atoms with Gasteiger partial charge in [0.1, 0.15) is 0 Å². The number of nitrogens with one attached hydrogen (secondary N) is 1. The van der Waals surface area contributed by atoms with Gasteiger partial charge in [-0.1, -0.05) is 63.2 Å². The van der Waals surface area contributed by atoms with Gasteiger partial charge in [-0.2, -0.15) is 5.10 Å².